The van der Waals surface area contributed by atoms with Gasteiger partial charge in [0.2, 0.25) is 0 Å². The van der Waals surface area contributed by atoms with Crippen molar-refractivity contribution in [1.29, 1.82) is 0 Å². The van der Waals surface area contributed by atoms with Crippen LogP contribution in [-0.4, -0.2) is 25.5 Å². The van der Waals surface area contributed by atoms with Gasteiger partial charge in [0.25, 0.3) is 0 Å². The van der Waals surface area contributed by atoms with Crippen molar-refractivity contribution in [2.45, 2.75) is 13.1 Å². The Balaban J connectivity index is 2.57. The Labute approximate surface area is 85.1 Å². The smallest absolute Gasteiger partial charge is 0.122 e. The summed E-state index contributed by atoms with van der Waals surface area (Å²) in [6.45, 7) is 2.24. The SMILES string of the molecule is C#CCN(C)Cc1ccoc1CNC. The van der Waals surface area contributed by atoms with E-state index in [0.29, 0.717) is 6.54 Å². The Bertz CT molecular complexity index is 311. The second-order valence-corrected chi connectivity index (χ2v) is 3.28. The summed E-state index contributed by atoms with van der Waals surface area (Å²) in [6, 6.07) is 1.99. The predicted octanol–water partition coefficient (Wildman–Crippen LogP) is 1.06. The first-order valence-corrected chi connectivity index (χ1v) is 4.59. The van der Waals surface area contributed by atoms with Crippen LogP contribution in [0.4, 0.5) is 0 Å². The summed E-state index contributed by atoms with van der Waals surface area (Å²) in [5, 5.41) is 3.06. The second-order valence-electron chi connectivity index (χ2n) is 3.28. The van der Waals surface area contributed by atoms with Crippen molar-refractivity contribution < 1.29 is 4.42 Å². The van der Waals surface area contributed by atoms with E-state index < -0.39 is 0 Å². The molecule has 0 bridgehead atoms. The van der Waals surface area contributed by atoms with Crippen molar-refractivity contribution in [3.8, 4) is 12.3 Å². The third kappa shape index (κ3) is 2.91. The molecule has 3 nitrogen and oxygen atoms in total. The Morgan fingerprint density at radius 1 is 1.64 bits per heavy atom. The lowest BCUT2D eigenvalue weighted by Crippen LogP contribution is -2.19. The van der Waals surface area contributed by atoms with Crippen LogP contribution in [0.1, 0.15) is 11.3 Å². The summed E-state index contributed by atoms with van der Waals surface area (Å²) in [5.41, 5.74) is 1.19. The van der Waals surface area contributed by atoms with Gasteiger partial charge < -0.3 is 9.73 Å². The quantitative estimate of drug-likeness (QED) is 0.707. The van der Waals surface area contributed by atoms with E-state index in [1.807, 2.05) is 20.2 Å². The number of hydrogen-bond donors (Lipinski definition) is 1. The molecule has 1 aromatic rings. The average molecular weight is 192 g/mol. The van der Waals surface area contributed by atoms with E-state index in [1.165, 1.54) is 5.56 Å². The molecule has 1 heterocycles. The van der Waals surface area contributed by atoms with Gasteiger partial charge in [-0.15, -0.1) is 6.42 Å². The maximum Gasteiger partial charge on any atom is 0.122 e. The summed E-state index contributed by atoms with van der Waals surface area (Å²) in [4.78, 5) is 2.07. The van der Waals surface area contributed by atoms with Gasteiger partial charge in [0.1, 0.15) is 5.76 Å². The van der Waals surface area contributed by atoms with E-state index in [-0.39, 0.29) is 0 Å². The first-order valence-electron chi connectivity index (χ1n) is 4.59. The highest BCUT2D eigenvalue weighted by atomic mass is 16.3. The first kappa shape index (κ1) is 10.8. The van der Waals surface area contributed by atoms with Gasteiger partial charge in [-0.2, -0.15) is 0 Å². The molecule has 1 rings (SSSR count). The van der Waals surface area contributed by atoms with Crippen LogP contribution in [0.25, 0.3) is 0 Å². The highest BCUT2D eigenvalue weighted by Crippen LogP contribution is 2.12. The number of furan rings is 1. The van der Waals surface area contributed by atoms with Crippen molar-refractivity contribution >= 4 is 0 Å². The standard InChI is InChI=1S/C11H16N2O/c1-4-6-13(3)9-10-5-7-14-11(10)8-12-2/h1,5,7,12H,6,8-9H2,2-3H3. The van der Waals surface area contributed by atoms with Crippen LogP contribution < -0.4 is 5.32 Å². The van der Waals surface area contributed by atoms with E-state index in [0.717, 1.165) is 18.8 Å². The molecular weight excluding hydrogens is 176 g/mol. The molecule has 0 aromatic carbocycles. The van der Waals surface area contributed by atoms with Crippen LogP contribution in [0.5, 0.6) is 0 Å². The molecule has 0 radical (unpaired) electrons. The lowest BCUT2D eigenvalue weighted by Gasteiger charge is -2.12. The average Bonchev–Trinajstić information content (AvgIpc) is 2.54. The Hall–Kier alpha value is -1.24. The molecule has 0 aliphatic carbocycles. The molecule has 3 heteroatoms. The largest absolute Gasteiger partial charge is 0.468 e. The van der Waals surface area contributed by atoms with Crippen LogP contribution in [0.3, 0.4) is 0 Å². The second kappa shape index (κ2) is 5.48. The third-order valence-corrected chi connectivity index (χ3v) is 1.98. The molecule has 0 amide bonds. The minimum absolute atomic E-state index is 0.657. The van der Waals surface area contributed by atoms with Gasteiger partial charge in [-0.3, -0.25) is 4.90 Å². The monoisotopic (exact) mass is 192 g/mol. The molecule has 0 aliphatic heterocycles. The van der Waals surface area contributed by atoms with Gasteiger partial charge in [-0.25, -0.2) is 0 Å². The molecule has 0 saturated heterocycles. The van der Waals surface area contributed by atoms with Crippen molar-refractivity contribution in [3.05, 3.63) is 23.7 Å². The summed E-state index contributed by atoms with van der Waals surface area (Å²) in [7, 11) is 3.90. The summed E-state index contributed by atoms with van der Waals surface area (Å²) >= 11 is 0. The molecule has 0 unspecified atom stereocenters. The van der Waals surface area contributed by atoms with Gasteiger partial charge >= 0.3 is 0 Å². The van der Waals surface area contributed by atoms with Crippen LogP contribution >= 0.6 is 0 Å². The van der Waals surface area contributed by atoms with Crippen molar-refractivity contribution in [2.75, 3.05) is 20.6 Å². The number of nitrogens with zero attached hydrogens (tertiary/aromatic N) is 1. The fourth-order valence-electron chi connectivity index (χ4n) is 1.33. The fourth-order valence-corrected chi connectivity index (χ4v) is 1.33. The summed E-state index contributed by atoms with van der Waals surface area (Å²) < 4.78 is 5.34. The van der Waals surface area contributed by atoms with E-state index >= 15 is 0 Å². The Kier molecular flexibility index (Phi) is 4.24. The van der Waals surface area contributed by atoms with E-state index in [9.17, 15) is 0 Å². The number of terminal acetylenes is 1. The first-order chi connectivity index (χ1) is 6.77. The topological polar surface area (TPSA) is 28.4 Å². The van der Waals surface area contributed by atoms with Gasteiger partial charge in [0.05, 0.1) is 19.4 Å². The molecular formula is C11H16N2O. The Morgan fingerprint density at radius 2 is 2.43 bits per heavy atom. The molecule has 0 spiro atoms. The zero-order valence-electron chi connectivity index (χ0n) is 8.71. The molecule has 1 N–H and O–H groups in total. The minimum Gasteiger partial charge on any atom is -0.468 e. The van der Waals surface area contributed by atoms with Crippen molar-refractivity contribution in [1.82, 2.24) is 10.2 Å². The number of nitrogens with one attached hydrogen (secondary N) is 1. The van der Waals surface area contributed by atoms with Crippen LogP contribution in [-0.2, 0) is 13.1 Å². The molecule has 76 valence electrons. The normalized spacial score (nSPS) is 10.4. The van der Waals surface area contributed by atoms with Gasteiger partial charge in [0, 0.05) is 12.1 Å². The van der Waals surface area contributed by atoms with Crippen molar-refractivity contribution in [2.24, 2.45) is 0 Å². The molecule has 0 atom stereocenters. The van der Waals surface area contributed by atoms with Gasteiger partial charge in [0.15, 0.2) is 0 Å². The zero-order chi connectivity index (χ0) is 10.4. The summed E-state index contributed by atoms with van der Waals surface area (Å²) in [5.74, 6) is 3.59. The lowest BCUT2D eigenvalue weighted by molar-refractivity contribution is 0.362. The number of rotatable bonds is 5. The van der Waals surface area contributed by atoms with Gasteiger partial charge in [-0.05, 0) is 20.2 Å². The zero-order valence-corrected chi connectivity index (χ0v) is 8.71. The van der Waals surface area contributed by atoms with Gasteiger partial charge in [-0.1, -0.05) is 5.92 Å². The third-order valence-electron chi connectivity index (χ3n) is 1.98. The Morgan fingerprint density at radius 3 is 3.07 bits per heavy atom. The maximum absolute atomic E-state index is 5.34. The van der Waals surface area contributed by atoms with Crippen LogP contribution in [0.15, 0.2) is 16.7 Å². The predicted molar refractivity (Wildman–Crippen MR) is 56.6 cm³/mol. The minimum atomic E-state index is 0.657. The molecule has 1 aromatic heterocycles. The highest BCUT2D eigenvalue weighted by molar-refractivity contribution is 5.16. The molecule has 0 fully saturated rings. The van der Waals surface area contributed by atoms with E-state index in [1.54, 1.807) is 6.26 Å². The highest BCUT2D eigenvalue weighted by Gasteiger charge is 2.07. The van der Waals surface area contributed by atoms with Crippen LogP contribution in [0.2, 0.25) is 0 Å². The summed E-state index contributed by atoms with van der Waals surface area (Å²) in [6.07, 6.45) is 6.94. The number of hydrogen-bond acceptors (Lipinski definition) is 3. The fraction of sp³-hybridized carbons (Fsp3) is 0.455. The van der Waals surface area contributed by atoms with E-state index in [2.05, 4.69) is 16.1 Å². The van der Waals surface area contributed by atoms with Crippen molar-refractivity contribution in [3.63, 3.8) is 0 Å². The molecule has 0 saturated carbocycles. The van der Waals surface area contributed by atoms with Crippen LogP contribution in [0, 0.1) is 12.3 Å². The maximum atomic E-state index is 5.34. The molecule has 14 heavy (non-hydrogen) atoms. The van der Waals surface area contributed by atoms with E-state index in [4.69, 9.17) is 10.8 Å². The lowest BCUT2D eigenvalue weighted by atomic mass is 10.2. The molecule has 0 aliphatic rings.